The summed E-state index contributed by atoms with van der Waals surface area (Å²) in [5.74, 6) is 0.474. The Kier molecular flexibility index (Phi) is 4.31. The molecule has 0 amide bonds. The summed E-state index contributed by atoms with van der Waals surface area (Å²) < 4.78 is 18.9. The molecule has 0 aliphatic heterocycles. The van der Waals surface area contributed by atoms with Gasteiger partial charge in [-0.2, -0.15) is 0 Å². The van der Waals surface area contributed by atoms with Crippen LogP contribution in [-0.2, 0) is 13.2 Å². The SMILES string of the molecule is CNCc1cc(F)ccc1OCc1ccccc1. The highest BCUT2D eigenvalue weighted by molar-refractivity contribution is 5.34. The second kappa shape index (κ2) is 6.17. The van der Waals surface area contributed by atoms with Crippen LogP contribution < -0.4 is 10.1 Å². The van der Waals surface area contributed by atoms with Gasteiger partial charge in [0.1, 0.15) is 18.2 Å². The molecule has 0 atom stereocenters. The highest BCUT2D eigenvalue weighted by Gasteiger charge is 2.05. The lowest BCUT2D eigenvalue weighted by atomic mass is 10.2. The first kappa shape index (κ1) is 12.6. The van der Waals surface area contributed by atoms with Crippen molar-refractivity contribution >= 4 is 0 Å². The topological polar surface area (TPSA) is 21.3 Å². The van der Waals surface area contributed by atoms with Gasteiger partial charge in [0, 0.05) is 12.1 Å². The summed E-state index contributed by atoms with van der Waals surface area (Å²) in [5, 5.41) is 3.00. The minimum absolute atomic E-state index is 0.243. The lowest BCUT2D eigenvalue weighted by Gasteiger charge is -2.11. The molecule has 2 nitrogen and oxygen atoms in total. The van der Waals surface area contributed by atoms with Crippen LogP contribution in [0, 0.1) is 5.82 Å². The van der Waals surface area contributed by atoms with E-state index in [2.05, 4.69) is 5.32 Å². The van der Waals surface area contributed by atoms with Gasteiger partial charge in [-0.3, -0.25) is 0 Å². The Labute approximate surface area is 106 Å². The summed E-state index contributed by atoms with van der Waals surface area (Å²) in [6.45, 7) is 1.07. The lowest BCUT2D eigenvalue weighted by molar-refractivity contribution is 0.302. The summed E-state index contributed by atoms with van der Waals surface area (Å²) >= 11 is 0. The summed E-state index contributed by atoms with van der Waals surface area (Å²) in [7, 11) is 1.83. The fourth-order valence-electron chi connectivity index (χ4n) is 1.75. The molecule has 2 aromatic rings. The molecule has 0 saturated carbocycles. The van der Waals surface area contributed by atoms with Crippen molar-refractivity contribution in [2.24, 2.45) is 0 Å². The Morgan fingerprint density at radius 2 is 1.89 bits per heavy atom. The van der Waals surface area contributed by atoms with Gasteiger partial charge in [0.05, 0.1) is 0 Å². The monoisotopic (exact) mass is 245 g/mol. The van der Waals surface area contributed by atoms with Crippen molar-refractivity contribution in [3.8, 4) is 5.75 Å². The maximum Gasteiger partial charge on any atom is 0.124 e. The third-order valence-electron chi connectivity index (χ3n) is 2.63. The Balaban J connectivity index is 2.09. The van der Waals surface area contributed by atoms with Crippen LogP contribution in [0.25, 0.3) is 0 Å². The van der Waals surface area contributed by atoms with E-state index in [0.29, 0.717) is 13.2 Å². The largest absolute Gasteiger partial charge is 0.489 e. The zero-order valence-corrected chi connectivity index (χ0v) is 10.3. The zero-order chi connectivity index (χ0) is 12.8. The van der Waals surface area contributed by atoms with Gasteiger partial charge in [-0.25, -0.2) is 4.39 Å². The van der Waals surface area contributed by atoms with E-state index in [4.69, 9.17) is 4.74 Å². The summed E-state index contributed by atoms with van der Waals surface area (Å²) in [5.41, 5.74) is 1.92. The molecule has 94 valence electrons. The zero-order valence-electron chi connectivity index (χ0n) is 10.3. The Bertz CT molecular complexity index is 499. The molecule has 0 fully saturated rings. The van der Waals surface area contributed by atoms with Crippen LogP contribution in [0.2, 0.25) is 0 Å². The maximum atomic E-state index is 13.2. The van der Waals surface area contributed by atoms with Gasteiger partial charge in [-0.15, -0.1) is 0 Å². The van der Waals surface area contributed by atoms with E-state index in [9.17, 15) is 4.39 Å². The van der Waals surface area contributed by atoms with Crippen molar-refractivity contribution in [3.05, 3.63) is 65.5 Å². The molecule has 0 unspecified atom stereocenters. The fraction of sp³-hybridized carbons (Fsp3) is 0.200. The van der Waals surface area contributed by atoms with Gasteiger partial charge in [0.2, 0.25) is 0 Å². The van der Waals surface area contributed by atoms with E-state index in [-0.39, 0.29) is 5.82 Å². The average Bonchev–Trinajstić information content (AvgIpc) is 2.39. The number of hydrogen-bond acceptors (Lipinski definition) is 2. The number of benzene rings is 2. The van der Waals surface area contributed by atoms with Crippen molar-refractivity contribution in [2.75, 3.05) is 7.05 Å². The molecule has 2 rings (SSSR count). The fourth-order valence-corrected chi connectivity index (χ4v) is 1.75. The number of nitrogens with one attached hydrogen (secondary N) is 1. The quantitative estimate of drug-likeness (QED) is 0.873. The summed E-state index contributed by atoms with van der Waals surface area (Å²) in [6.07, 6.45) is 0. The van der Waals surface area contributed by atoms with Crippen molar-refractivity contribution in [3.63, 3.8) is 0 Å². The second-order valence-electron chi connectivity index (χ2n) is 4.06. The third kappa shape index (κ3) is 3.31. The Morgan fingerprint density at radius 3 is 2.61 bits per heavy atom. The lowest BCUT2D eigenvalue weighted by Crippen LogP contribution is -2.08. The molecule has 0 aliphatic rings. The molecule has 1 N–H and O–H groups in total. The van der Waals surface area contributed by atoms with Gasteiger partial charge >= 0.3 is 0 Å². The van der Waals surface area contributed by atoms with Gasteiger partial charge in [0.25, 0.3) is 0 Å². The van der Waals surface area contributed by atoms with E-state index in [1.807, 2.05) is 37.4 Å². The van der Waals surface area contributed by atoms with E-state index in [0.717, 1.165) is 16.9 Å². The molecular formula is C15H16FNO. The predicted octanol–water partition coefficient (Wildman–Crippen LogP) is 3.12. The molecule has 0 bridgehead atoms. The number of hydrogen-bond donors (Lipinski definition) is 1. The van der Waals surface area contributed by atoms with Crippen molar-refractivity contribution < 1.29 is 9.13 Å². The van der Waals surface area contributed by atoms with E-state index < -0.39 is 0 Å². The van der Waals surface area contributed by atoms with Crippen LogP contribution in [0.4, 0.5) is 4.39 Å². The highest BCUT2D eigenvalue weighted by Crippen LogP contribution is 2.20. The minimum Gasteiger partial charge on any atom is -0.489 e. The first-order chi connectivity index (χ1) is 8.79. The van der Waals surface area contributed by atoms with Gasteiger partial charge in [-0.05, 0) is 30.8 Å². The third-order valence-corrected chi connectivity index (χ3v) is 2.63. The Hall–Kier alpha value is -1.87. The molecule has 0 saturated heterocycles. The minimum atomic E-state index is -0.243. The first-order valence-electron chi connectivity index (χ1n) is 5.89. The maximum absolute atomic E-state index is 13.2. The van der Waals surface area contributed by atoms with E-state index >= 15 is 0 Å². The van der Waals surface area contributed by atoms with E-state index in [1.54, 1.807) is 6.07 Å². The van der Waals surface area contributed by atoms with Crippen LogP contribution in [0.1, 0.15) is 11.1 Å². The Morgan fingerprint density at radius 1 is 1.11 bits per heavy atom. The molecule has 0 aromatic heterocycles. The molecule has 0 heterocycles. The van der Waals surface area contributed by atoms with Crippen LogP contribution in [0.15, 0.2) is 48.5 Å². The first-order valence-corrected chi connectivity index (χ1v) is 5.89. The number of ether oxygens (including phenoxy) is 1. The molecule has 0 radical (unpaired) electrons. The smallest absolute Gasteiger partial charge is 0.124 e. The highest BCUT2D eigenvalue weighted by atomic mass is 19.1. The van der Waals surface area contributed by atoms with Crippen LogP contribution in [0.5, 0.6) is 5.75 Å². The van der Waals surface area contributed by atoms with Crippen LogP contribution in [-0.4, -0.2) is 7.05 Å². The summed E-state index contributed by atoms with van der Waals surface area (Å²) in [4.78, 5) is 0. The predicted molar refractivity (Wildman–Crippen MR) is 69.9 cm³/mol. The van der Waals surface area contributed by atoms with E-state index in [1.165, 1.54) is 12.1 Å². The average molecular weight is 245 g/mol. The number of halogens is 1. The van der Waals surface area contributed by atoms with Crippen LogP contribution >= 0.6 is 0 Å². The second-order valence-corrected chi connectivity index (χ2v) is 4.06. The van der Waals surface area contributed by atoms with Gasteiger partial charge < -0.3 is 10.1 Å². The normalized spacial score (nSPS) is 10.3. The van der Waals surface area contributed by atoms with Gasteiger partial charge in [-0.1, -0.05) is 30.3 Å². The van der Waals surface area contributed by atoms with Gasteiger partial charge in [0.15, 0.2) is 0 Å². The standard InChI is InChI=1S/C15H16FNO/c1-17-10-13-9-14(16)7-8-15(13)18-11-12-5-3-2-4-6-12/h2-9,17H,10-11H2,1H3. The summed E-state index contributed by atoms with van der Waals surface area (Å²) in [6, 6.07) is 14.5. The van der Waals surface area contributed by atoms with Crippen LogP contribution in [0.3, 0.4) is 0 Å². The van der Waals surface area contributed by atoms with Crippen molar-refractivity contribution in [2.45, 2.75) is 13.2 Å². The number of rotatable bonds is 5. The molecular weight excluding hydrogens is 229 g/mol. The molecule has 0 spiro atoms. The van der Waals surface area contributed by atoms with Crippen molar-refractivity contribution in [1.82, 2.24) is 5.32 Å². The molecule has 0 aliphatic carbocycles. The molecule has 2 aromatic carbocycles. The molecule has 3 heteroatoms. The molecule has 18 heavy (non-hydrogen) atoms. The van der Waals surface area contributed by atoms with Crippen molar-refractivity contribution in [1.29, 1.82) is 0 Å².